The number of quaternary nitrogens is 1. The number of nitro benzene ring substituents is 1. The molecule has 1 unspecified atom stereocenters. The number of hydrogen-bond acceptors (Lipinski definition) is 5. The van der Waals surface area contributed by atoms with Crippen molar-refractivity contribution in [2.45, 2.75) is 20.0 Å². The molecular weight excluding hydrogens is 406 g/mol. The second-order valence-electron chi connectivity index (χ2n) is 7.66. The Labute approximate surface area is 187 Å². The number of aliphatic imine (C=N–C) groups is 1. The topological polar surface area (TPSA) is 74.0 Å². The molecule has 32 heavy (non-hydrogen) atoms. The van der Waals surface area contributed by atoms with Crippen molar-refractivity contribution in [1.29, 1.82) is 0 Å². The summed E-state index contributed by atoms with van der Waals surface area (Å²) in [4.78, 5) is 22.0. The first-order chi connectivity index (χ1) is 15.6. The molecule has 1 atom stereocenters. The van der Waals surface area contributed by atoms with Crippen LogP contribution >= 0.6 is 0 Å². The Hall–Kier alpha value is -3.71. The van der Waals surface area contributed by atoms with Crippen LogP contribution in [0.15, 0.2) is 83.9 Å². The molecule has 0 fully saturated rings. The molecule has 0 amide bonds. The van der Waals surface area contributed by atoms with E-state index >= 15 is 0 Å². The van der Waals surface area contributed by atoms with Gasteiger partial charge in [0.15, 0.2) is 5.75 Å². The number of nitro groups is 1. The zero-order chi connectivity index (χ0) is 22.4. The lowest BCUT2D eigenvalue weighted by molar-refractivity contribution is -1.000. The first-order valence-corrected chi connectivity index (χ1v) is 10.7. The number of rotatable bonds is 9. The Kier molecular flexibility index (Phi) is 6.47. The van der Waals surface area contributed by atoms with E-state index in [2.05, 4.69) is 6.92 Å². The van der Waals surface area contributed by atoms with Crippen LogP contribution in [0, 0.1) is 10.1 Å². The third-order valence-corrected chi connectivity index (χ3v) is 5.39. The molecule has 1 heterocycles. The lowest BCUT2D eigenvalue weighted by atomic mass is 10.1. The van der Waals surface area contributed by atoms with Crippen LogP contribution in [-0.4, -0.2) is 35.0 Å². The van der Waals surface area contributed by atoms with Gasteiger partial charge < -0.3 is 9.57 Å². The Morgan fingerprint density at radius 1 is 0.969 bits per heavy atom. The van der Waals surface area contributed by atoms with Crippen molar-refractivity contribution in [1.82, 2.24) is 0 Å². The molecule has 0 aliphatic carbocycles. The zero-order valence-corrected chi connectivity index (χ0v) is 18.0. The molecule has 3 aromatic carbocycles. The van der Waals surface area contributed by atoms with E-state index in [1.165, 1.54) is 12.1 Å². The standard InChI is InChI=1S/C25H26N3O4/c1-2-17-28(18-16-26-25(28)21-12-14-22(15-13-21)27(29)30)32-24-11-7-6-10-23(24)31-19-20-8-4-3-5-9-20/h3-15H,2,16-19H2,1H3/q+1. The molecular formula is C25H26N3O4+. The summed E-state index contributed by atoms with van der Waals surface area (Å²) in [5.41, 5.74) is 1.96. The van der Waals surface area contributed by atoms with Crippen molar-refractivity contribution in [3.8, 4) is 11.5 Å². The maximum absolute atomic E-state index is 11.0. The van der Waals surface area contributed by atoms with Crippen molar-refractivity contribution >= 4 is 11.5 Å². The molecule has 4 rings (SSSR count). The Morgan fingerprint density at radius 3 is 2.34 bits per heavy atom. The molecule has 7 nitrogen and oxygen atoms in total. The third-order valence-electron chi connectivity index (χ3n) is 5.39. The van der Waals surface area contributed by atoms with E-state index < -0.39 is 4.92 Å². The van der Waals surface area contributed by atoms with Crippen molar-refractivity contribution in [3.63, 3.8) is 0 Å². The Balaban J connectivity index is 1.60. The first-order valence-electron chi connectivity index (χ1n) is 10.7. The number of nitrogens with zero attached hydrogens (tertiary/aromatic N) is 3. The summed E-state index contributed by atoms with van der Waals surface area (Å²) >= 11 is 0. The van der Waals surface area contributed by atoms with Gasteiger partial charge in [-0.1, -0.05) is 54.0 Å². The van der Waals surface area contributed by atoms with Gasteiger partial charge in [-0.25, -0.2) is 4.99 Å². The van der Waals surface area contributed by atoms with Gasteiger partial charge in [-0.3, -0.25) is 10.1 Å². The molecule has 1 aliphatic heterocycles. The van der Waals surface area contributed by atoms with Crippen LogP contribution in [0.4, 0.5) is 5.69 Å². The SMILES string of the molecule is CCC[N+]1(Oc2ccccc2OCc2ccccc2)CCN=C1c1ccc([N+](=O)[O-])cc1. The van der Waals surface area contributed by atoms with E-state index in [0.29, 0.717) is 31.2 Å². The summed E-state index contributed by atoms with van der Waals surface area (Å²) in [7, 11) is 0. The monoisotopic (exact) mass is 432 g/mol. The molecule has 0 radical (unpaired) electrons. The quantitative estimate of drug-likeness (QED) is 0.266. The van der Waals surface area contributed by atoms with Crippen molar-refractivity contribution in [2.75, 3.05) is 19.6 Å². The average molecular weight is 433 g/mol. The highest BCUT2D eigenvalue weighted by Crippen LogP contribution is 2.33. The number of non-ortho nitro benzene ring substituents is 1. The number of ether oxygens (including phenoxy) is 1. The summed E-state index contributed by atoms with van der Waals surface area (Å²) in [5.74, 6) is 2.09. The second-order valence-corrected chi connectivity index (χ2v) is 7.66. The molecule has 1 aliphatic rings. The Morgan fingerprint density at radius 2 is 1.66 bits per heavy atom. The first kappa shape index (κ1) is 21.5. The molecule has 0 bridgehead atoms. The van der Waals surface area contributed by atoms with Crippen molar-refractivity contribution in [3.05, 3.63) is 100 Å². The van der Waals surface area contributed by atoms with E-state index in [1.54, 1.807) is 12.1 Å². The smallest absolute Gasteiger partial charge is 0.272 e. The highest BCUT2D eigenvalue weighted by molar-refractivity contribution is 5.94. The van der Waals surface area contributed by atoms with Crippen LogP contribution in [0.25, 0.3) is 0 Å². The molecule has 0 saturated heterocycles. The fraction of sp³-hybridized carbons (Fsp3) is 0.240. The predicted molar refractivity (Wildman–Crippen MR) is 123 cm³/mol. The van der Waals surface area contributed by atoms with Crippen LogP contribution in [0.3, 0.4) is 0 Å². The highest BCUT2D eigenvalue weighted by atomic mass is 16.7. The summed E-state index contributed by atoms with van der Waals surface area (Å²) < 4.78 is 6.31. The lowest BCUT2D eigenvalue weighted by Gasteiger charge is -2.32. The van der Waals surface area contributed by atoms with Gasteiger partial charge in [-0.15, -0.1) is 0 Å². The van der Waals surface area contributed by atoms with Gasteiger partial charge >= 0.3 is 0 Å². The van der Waals surface area contributed by atoms with E-state index in [0.717, 1.165) is 29.9 Å². The highest BCUT2D eigenvalue weighted by Gasteiger charge is 2.43. The molecule has 0 N–H and O–H groups in total. The second kappa shape index (κ2) is 9.62. The van der Waals surface area contributed by atoms with Gasteiger partial charge in [0.25, 0.3) is 11.5 Å². The van der Waals surface area contributed by atoms with E-state index in [4.69, 9.17) is 14.6 Å². The van der Waals surface area contributed by atoms with Crippen LogP contribution in [0.5, 0.6) is 11.5 Å². The molecule has 0 aromatic heterocycles. The predicted octanol–water partition coefficient (Wildman–Crippen LogP) is 5.15. The average Bonchev–Trinajstić information content (AvgIpc) is 3.22. The number of hydrogen-bond donors (Lipinski definition) is 0. The fourth-order valence-corrected chi connectivity index (χ4v) is 3.89. The molecule has 0 spiro atoms. The summed E-state index contributed by atoms with van der Waals surface area (Å²) in [6.07, 6.45) is 0.888. The summed E-state index contributed by atoms with van der Waals surface area (Å²) in [6, 6.07) is 24.1. The molecule has 0 saturated carbocycles. The van der Waals surface area contributed by atoms with Gasteiger partial charge in [0.2, 0.25) is 5.75 Å². The minimum Gasteiger partial charge on any atom is -0.485 e. The van der Waals surface area contributed by atoms with E-state index in [9.17, 15) is 10.1 Å². The minimum absolute atomic E-state index is 0.0570. The fourth-order valence-electron chi connectivity index (χ4n) is 3.89. The molecule has 3 aromatic rings. The van der Waals surface area contributed by atoms with Gasteiger partial charge in [-0.2, -0.15) is 0 Å². The number of benzene rings is 3. The summed E-state index contributed by atoms with van der Waals surface area (Å²) in [5, 5.41) is 11.0. The number of amidine groups is 1. The third kappa shape index (κ3) is 4.63. The normalized spacial score (nSPS) is 17.6. The largest absolute Gasteiger partial charge is 0.485 e. The molecule has 7 heteroatoms. The van der Waals surface area contributed by atoms with Crippen molar-refractivity contribution < 1.29 is 19.1 Å². The maximum atomic E-state index is 11.0. The Bertz CT molecular complexity index is 1100. The lowest BCUT2D eigenvalue weighted by Crippen LogP contribution is -2.54. The number of hydroxylamine groups is 3. The van der Waals surface area contributed by atoms with Crippen LogP contribution in [0.2, 0.25) is 0 Å². The van der Waals surface area contributed by atoms with Crippen molar-refractivity contribution in [2.24, 2.45) is 4.99 Å². The van der Waals surface area contributed by atoms with Gasteiger partial charge in [0.1, 0.15) is 19.7 Å². The minimum atomic E-state index is -0.398. The van der Waals surface area contributed by atoms with Crippen LogP contribution in [-0.2, 0) is 6.61 Å². The maximum Gasteiger partial charge on any atom is 0.272 e. The number of para-hydroxylation sites is 2. The zero-order valence-electron chi connectivity index (χ0n) is 18.0. The van der Waals surface area contributed by atoms with Gasteiger partial charge in [-0.05, 0) is 36.2 Å². The summed E-state index contributed by atoms with van der Waals surface area (Å²) in [6.45, 7) is 4.58. The van der Waals surface area contributed by atoms with Gasteiger partial charge in [0, 0.05) is 12.1 Å². The van der Waals surface area contributed by atoms with E-state index in [1.807, 2.05) is 54.6 Å². The van der Waals surface area contributed by atoms with Gasteiger partial charge in [0.05, 0.1) is 17.0 Å². The molecule has 164 valence electrons. The van der Waals surface area contributed by atoms with Crippen LogP contribution in [0.1, 0.15) is 24.5 Å². The van der Waals surface area contributed by atoms with Crippen LogP contribution < -0.4 is 9.57 Å². The van der Waals surface area contributed by atoms with E-state index in [-0.39, 0.29) is 10.3 Å².